The van der Waals surface area contributed by atoms with Gasteiger partial charge >= 0.3 is 0 Å². The van der Waals surface area contributed by atoms with Gasteiger partial charge in [-0.1, -0.05) is 13.8 Å². The Bertz CT molecular complexity index is 261. The average molecular weight is 252 g/mol. The average Bonchev–Trinajstić information content (AvgIpc) is 2.25. The van der Waals surface area contributed by atoms with Gasteiger partial charge in [0.1, 0.15) is 0 Å². The van der Waals surface area contributed by atoms with E-state index in [1.165, 1.54) is 8.61 Å². The summed E-state index contributed by atoms with van der Waals surface area (Å²) in [5.41, 5.74) is 0. The summed E-state index contributed by atoms with van der Waals surface area (Å²) in [6.07, 6.45) is 2.10. The fourth-order valence-corrected chi connectivity index (χ4v) is 3.03. The van der Waals surface area contributed by atoms with Crippen molar-refractivity contribution in [3.63, 3.8) is 0 Å². The lowest BCUT2D eigenvalue weighted by Gasteiger charge is -2.26. The van der Waals surface area contributed by atoms with Crippen LogP contribution in [0.3, 0.4) is 0 Å². The fraction of sp³-hybridized carbons (Fsp3) is 1.00. The van der Waals surface area contributed by atoms with Crippen LogP contribution in [0, 0.1) is 0 Å². The molecular formula is C10H24N2O3S. The predicted molar refractivity (Wildman–Crippen MR) is 65.4 cm³/mol. The van der Waals surface area contributed by atoms with Gasteiger partial charge in [0.2, 0.25) is 0 Å². The van der Waals surface area contributed by atoms with Gasteiger partial charge in [-0.25, -0.2) is 0 Å². The van der Waals surface area contributed by atoms with Crippen LogP contribution in [0.2, 0.25) is 0 Å². The first-order valence-electron chi connectivity index (χ1n) is 5.82. The molecule has 0 saturated carbocycles. The van der Waals surface area contributed by atoms with Crippen molar-refractivity contribution in [1.29, 1.82) is 0 Å². The molecule has 0 radical (unpaired) electrons. The van der Waals surface area contributed by atoms with E-state index in [4.69, 9.17) is 5.11 Å². The summed E-state index contributed by atoms with van der Waals surface area (Å²) in [4.78, 5) is 0. The molecule has 0 aliphatic rings. The lowest BCUT2D eigenvalue weighted by molar-refractivity contribution is 0.271. The lowest BCUT2D eigenvalue weighted by atomic mass is 10.4. The van der Waals surface area contributed by atoms with Crippen molar-refractivity contribution in [2.75, 3.05) is 33.3 Å². The number of nitrogens with zero attached hydrogens (tertiary/aromatic N) is 2. The monoisotopic (exact) mass is 252 g/mol. The Kier molecular flexibility index (Phi) is 7.91. The predicted octanol–water partition coefficient (Wildman–Crippen LogP) is 0.667. The lowest BCUT2D eigenvalue weighted by Crippen LogP contribution is -2.43. The summed E-state index contributed by atoms with van der Waals surface area (Å²) in [6.45, 7) is 5.42. The van der Waals surface area contributed by atoms with Crippen LogP contribution in [-0.4, -0.2) is 55.4 Å². The van der Waals surface area contributed by atoms with E-state index < -0.39 is 10.2 Å². The summed E-state index contributed by atoms with van der Waals surface area (Å²) in [5, 5.41) is 8.69. The molecule has 0 unspecified atom stereocenters. The molecule has 0 atom stereocenters. The van der Waals surface area contributed by atoms with E-state index in [2.05, 4.69) is 0 Å². The first-order valence-corrected chi connectivity index (χ1v) is 7.22. The largest absolute Gasteiger partial charge is 0.396 e. The maximum Gasteiger partial charge on any atom is 0.281 e. The summed E-state index contributed by atoms with van der Waals surface area (Å²) < 4.78 is 27.0. The van der Waals surface area contributed by atoms with Crippen molar-refractivity contribution in [3.8, 4) is 0 Å². The number of aliphatic hydroxyl groups excluding tert-OH is 1. The number of hydrogen-bond donors (Lipinski definition) is 1. The molecule has 98 valence electrons. The summed E-state index contributed by atoms with van der Waals surface area (Å²) in [7, 11) is -1.78. The highest BCUT2D eigenvalue weighted by Crippen LogP contribution is 2.08. The van der Waals surface area contributed by atoms with Gasteiger partial charge in [-0.05, 0) is 19.3 Å². The van der Waals surface area contributed by atoms with Crippen LogP contribution in [0.5, 0.6) is 0 Å². The molecule has 0 saturated heterocycles. The zero-order valence-corrected chi connectivity index (χ0v) is 11.3. The van der Waals surface area contributed by atoms with Gasteiger partial charge in [-0.15, -0.1) is 0 Å². The minimum atomic E-state index is -3.34. The van der Waals surface area contributed by atoms with E-state index in [0.717, 1.165) is 12.8 Å². The first kappa shape index (κ1) is 15.8. The summed E-state index contributed by atoms with van der Waals surface area (Å²) in [6, 6.07) is 0. The van der Waals surface area contributed by atoms with Crippen molar-refractivity contribution in [1.82, 2.24) is 8.61 Å². The molecular weight excluding hydrogens is 228 g/mol. The third-order valence-electron chi connectivity index (χ3n) is 2.30. The molecule has 0 aliphatic carbocycles. The van der Waals surface area contributed by atoms with E-state index in [9.17, 15) is 8.42 Å². The van der Waals surface area contributed by atoms with Gasteiger partial charge in [0.15, 0.2) is 0 Å². The van der Waals surface area contributed by atoms with Crippen LogP contribution in [0.25, 0.3) is 0 Å². The van der Waals surface area contributed by atoms with Crippen LogP contribution in [0.1, 0.15) is 33.1 Å². The highest BCUT2D eigenvalue weighted by molar-refractivity contribution is 7.86. The minimum absolute atomic E-state index is 0.0153. The van der Waals surface area contributed by atoms with Gasteiger partial charge in [-0.2, -0.15) is 17.0 Å². The highest BCUT2D eigenvalue weighted by Gasteiger charge is 2.24. The molecule has 5 nitrogen and oxygen atoms in total. The SMILES string of the molecule is CCCN(CCC)S(=O)(=O)N(C)CCCO. The Morgan fingerprint density at radius 1 is 1.06 bits per heavy atom. The Morgan fingerprint density at radius 2 is 1.56 bits per heavy atom. The van der Waals surface area contributed by atoms with Gasteiger partial charge in [0.25, 0.3) is 10.2 Å². The van der Waals surface area contributed by atoms with Crippen molar-refractivity contribution in [3.05, 3.63) is 0 Å². The normalized spacial score (nSPS) is 12.6. The zero-order chi connectivity index (χ0) is 12.6. The van der Waals surface area contributed by atoms with E-state index in [0.29, 0.717) is 26.1 Å². The van der Waals surface area contributed by atoms with Crippen molar-refractivity contribution >= 4 is 10.2 Å². The molecule has 0 aliphatic heterocycles. The standard InChI is InChI=1S/C10H24N2O3S/c1-4-7-12(8-5-2)16(14,15)11(3)9-6-10-13/h13H,4-10H2,1-3H3. The minimum Gasteiger partial charge on any atom is -0.396 e. The van der Waals surface area contributed by atoms with Gasteiger partial charge in [0.05, 0.1) is 0 Å². The van der Waals surface area contributed by atoms with E-state index in [1.54, 1.807) is 7.05 Å². The van der Waals surface area contributed by atoms with E-state index >= 15 is 0 Å². The molecule has 0 aromatic carbocycles. The third-order valence-corrected chi connectivity index (χ3v) is 4.29. The molecule has 0 aromatic heterocycles. The Balaban J connectivity index is 4.56. The maximum atomic E-state index is 12.1. The second kappa shape index (κ2) is 8.00. The van der Waals surface area contributed by atoms with Crippen molar-refractivity contribution < 1.29 is 13.5 Å². The van der Waals surface area contributed by atoms with E-state index in [1.807, 2.05) is 13.8 Å². The molecule has 0 aromatic rings. The molecule has 0 rings (SSSR count). The van der Waals surface area contributed by atoms with Crippen LogP contribution in [0.4, 0.5) is 0 Å². The molecule has 0 spiro atoms. The Labute approximate surface area is 99.2 Å². The molecule has 6 heteroatoms. The zero-order valence-electron chi connectivity index (χ0n) is 10.5. The number of hydrogen-bond acceptors (Lipinski definition) is 3. The van der Waals surface area contributed by atoms with Crippen molar-refractivity contribution in [2.45, 2.75) is 33.1 Å². The van der Waals surface area contributed by atoms with Crippen molar-refractivity contribution in [2.24, 2.45) is 0 Å². The maximum absolute atomic E-state index is 12.1. The van der Waals surface area contributed by atoms with Crippen LogP contribution >= 0.6 is 0 Å². The second-order valence-corrected chi connectivity index (χ2v) is 5.84. The molecule has 0 heterocycles. The van der Waals surface area contributed by atoms with Gasteiger partial charge < -0.3 is 5.11 Å². The first-order chi connectivity index (χ1) is 7.50. The Morgan fingerprint density at radius 3 is 1.94 bits per heavy atom. The Hall–Kier alpha value is -0.170. The second-order valence-electron chi connectivity index (χ2n) is 3.81. The van der Waals surface area contributed by atoms with E-state index in [-0.39, 0.29) is 6.61 Å². The molecule has 16 heavy (non-hydrogen) atoms. The quantitative estimate of drug-likeness (QED) is 0.656. The third kappa shape index (κ3) is 4.78. The van der Waals surface area contributed by atoms with Gasteiger partial charge in [0, 0.05) is 33.3 Å². The topological polar surface area (TPSA) is 60.9 Å². The van der Waals surface area contributed by atoms with Crippen LogP contribution in [0.15, 0.2) is 0 Å². The summed E-state index contributed by atoms with van der Waals surface area (Å²) >= 11 is 0. The highest BCUT2D eigenvalue weighted by atomic mass is 32.2. The number of rotatable bonds is 9. The molecule has 0 fully saturated rings. The fourth-order valence-electron chi connectivity index (χ4n) is 1.45. The van der Waals surface area contributed by atoms with Gasteiger partial charge in [-0.3, -0.25) is 0 Å². The smallest absolute Gasteiger partial charge is 0.281 e. The summed E-state index contributed by atoms with van der Waals surface area (Å²) in [5.74, 6) is 0. The van der Waals surface area contributed by atoms with Crippen LogP contribution in [-0.2, 0) is 10.2 Å². The van der Waals surface area contributed by atoms with Crippen LogP contribution < -0.4 is 0 Å². The molecule has 0 bridgehead atoms. The molecule has 1 N–H and O–H groups in total. The number of aliphatic hydroxyl groups is 1. The molecule has 0 amide bonds.